The fourth-order valence-electron chi connectivity index (χ4n) is 5.42. The van der Waals surface area contributed by atoms with E-state index in [4.69, 9.17) is 0 Å². The molecule has 2 saturated heterocycles. The molecular weight excluding hydrogens is 410 g/mol. The van der Waals surface area contributed by atoms with Gasteiger partial charge in [-0.2, -0.15) is 0 Å². The Kier molecular flexibility index (Phi) is 4.63. The van der Waals surface area contributed by atoms with Gasteiger partial charge in [-0.15, -0.1) is 0 Å². The first-order valence-electron chi connectivity index (χ1n) is 10.6. The second kappa shape index (κ2) is 7.27. The topological polar surface area (TPSA) is 116 Å². The standard InChI is InChI=1S/C24H23N3O5/c1-13-7-8-16-15(11-13)24(23(32)25-16)20-19(17(26-24)9-10-18(28)29)21(30)27(22(20)31)12-14-5-3-2-4-6-14/h2-8,11,17,19-20,26H,9-10,12H2,1H3,(H,25,32)(H,28,29)/t17-,19+,20+,24+/m0/s1. The van der Waals surface area contributed by atoms with Crippen LogP contribution in [0.5, 0.6) is 0 Å². The van der Waals surface area contributed by atoms with Gasteiger partial charge in [0.25, 0.3) is 0 Å². The number of carbonyl (C=O) groups is 4. The maximum Gasteiger partial charge on any atom is 0.303 e. The summed E-state index contributed by atoms with van der Waals surface area (Å²) in [5.41, 5.74) is 1.58. The molecule has 0 saturated carbocycles. The average Bonchev–Trinajstić information content (AvgIpc) is 3.34. The lowest BCUT2D eigenvalue weighted by Gasteiger charge is -2.29. The number of aliphatic carboxylic acids is 1. The molecule has 2 fully saturated rings. The number of carboxylic acids is 1. The molecule has 32 heavy (non-hydrogen) atoms. The third-order valence-electron chi connectivity index (χ3n) is 6.81. The Balaban J connectivity index is 1.59. The Hall–Kier alpha value is -3.52. The summed E-state index contributed by atoms with van der Waals surface area (Å²) in [5, 5.41) is 15.3. The van der Waals surface area contributed by atoms with Gasteiger partial charge in [0.1, 0.15) is 5.54 Å². The number of amides is 3. The minimum absolute atomic E-state index is 0.121. The lowest BCUT2D eigenvalue weighted by atomic mass is 9.76. The number of hydrogen-bond donors (Lipinski definition) is 3. The van der Waals surface area contributed by atoms with Crippen molar-refractivity contribution >= 4 is 29.4 Å². The summed E-state index contributed by atoms with van der Waals surface area (Å²) in [6.45, 7) is 2.02. The first-order chi connectivity index (χ1) is 15.3. The highest BCUT2D eigenvalue weighted by Gasteiger charge is 2.70. The van der Waals surface area contributed by atoms with Crippen LogP contribution in [0.25, 0.3) is 0 Å². The highest BCUT2D eigenvalue weighted by atomic mass is 16.4. The molecule has 2 aromatic carbocycles. The van der Waals surface area contributed by atoms with Crippen molar-refractivity contribution in [2.24, 2.45) is 11.8 Å². The molecule has 2 aromatic rings. The van der Waals surface area contributed by atoms with Crippen molar-refractivity contribution in [1.82, 2.24) is 10.2 Å². The van der Waals surface area contributed by atoms with Gasteiger partial charge in [-0.25, -0.2) is 0 Å². The van der Waals surface area contributed by atoms with E-state index in [-0.39, 0.29) is 31.2 Å². The molecule has 3 N–H and O–H groups in total. The number of carbonyl (C=O) groups excluding carboxylic acids is 3. The van der Waals surface area contributed by atoms with Crippen LogP contribution in [0.1, 0.15) is 29.5 Å². The number of hydrogen-bond acceptors (Lipinski definition) is 5. The maximum absolute atomic E-state index is 13.7. The van der Waals surface area contributed by atoms with E-state index in [1.807, 2.05) is 49.4 Å². The molecule has 3 heterocycles. The van der Waals surface area contributed by atoms with E-state index in [0.717, 1.165) is 11.1 Å². The second-order valence-electron chi connectivity index (χ2n) is 8.75. The summed E-state index contributed by atoms with van der Waals surface area (Å²) >= 11 is 0. The van der Waals surface area contributed by atoms with E-state index in [0.29, 0.717) is 11.3 Å². The number of rotatable bonds is 5. The molecule has 3 aliphatic rings. The molecule has 0 aliphatic carbocycles. The Labute approximate surface area is 184 Å². The van der Waals surface area contributed by atoms with Crippen molar-refractivity contribution in [3.8, 4) is 0 Å². The van der Waals surface area contributed by atoms with E-state index >= 15 is 0 Å². The van der Waals surface area contributed by atoms with Crippen LogP contribution in [0.2, 0.25) is 0 Å². The molecule has 0 bridgehead atoms. The fraction of sp³-hybridized carbons (Fsp3) is 0.333. The number of aryl methyl sites for hydroxylation is 1. The van der Waals surface area contributed by atoms with Crippen molar-refractivity contribution < 1.29 is 24.3 Å². The first-order valence-corrected chi connectivity index (χ1v) is 10.6. The van der Waals surface area contributed by atoms with Crippen molar-refractivity contribution in [2.45, 2.75) is 37.9 Å². The molecule has 3 aliphatic heterocycles. The Morgan fingerprint density at radius 1 is 1.09 bits per heavy atom. The number of nitrogens with one attached hydrogen (secondary N) is 2. The molecule has 164 valence electrons. The average molecular weight is 433 g/mol. The molecule has 3 amide bonds. The summed E-state index contributed by atoms with van der Waals surface area (Å²) in [6, 6.07) is 14.1. The molecule has 0 radical (unpaired) electrons. The zero-order valence-corrected chi connectivity index (χ0v) is 17.5. The Morgan fingerprint density at radius 3 is 2.56 bits per heavy atom. The largest absolute Gasteiger partial charge is 0.481 e. The van der Waals surface area contributed by atoms with Gasteiger partial charge < -0.3 is 10.4 Å². The normalized spacial score (nSPS) is 28.2. The zero-order chi connectivity index (χ0) is 22.6. The van der Waals surface area contributed by atoms with Crippen LogP contribution < -0.4 is 10.6 Å². The van der Waals surface area contributed by atoms with Crippen molar-refractivity contribution in [3.63, 3.8) is 0 Å². The number of nitrogens with zero attached hydrogens (tertiary/aromatic N) is 1. The summed E-state index contributed by atoms with van der Waals surface area (Å²) in [7, 11) is 0. The van der Waals surface area contributed by atoms with Crippen molar-refractivity contribution in [1.29, 1.82) is 0 Å². The second-order valence-corrected chi connectivity index (χ2v) is 8.75. The molecule has 8 heteroatoms. The van der Waals surface area contributed by atoms with Gasteiger partial charge in [-0.1, -0.05) is 48.0 Å². The highest BCUT2D eigenvalue weighted by molar-refractivity contribution is 6.15. The van der Waals surface area contributed by atoms with Crippen LogP contribution in [0.15, 0.2) is 48.5 Å². The van der Waals surface area contributed by atoms with Crippen LogP contribution in [0.4, 0.5) is 5.69 Å². The highest BCUT2D eigenvalue weighted by Crippen LogP contribution is 2.53. The molecule has 1 spiro atoms. The van der Waals surface area contributed by atoms with Gasteiger partial charge >= 0.3 is 5.97 Å². The predicted molar refractivity (Wildman–Crippen MR) is 114 cm³/mol. The van der Waals surface area contributed by atoms with E-state index in [9.17, 15) is 24.3 Å². The molecule has 4 atom stereocenters. The van der Waals surface area contributed by atoms with Gasteiger partial charge in [-0.3, -0.25) is 29.4 Å². The first kappa shape index (κ1) is 20.4. The Morgan fingerprint density at radius 2 is 1.84 bits per heavy atom. The number of imide groups is 1. The Bertz CT molecular complexity index is 1150. The number of fused-ring (bicyclic) bond motifs is 4. The van der Waals surface area contributed by atoms with Gasteiger partial charge in [0.05, 0.1) is 18.4 Å². The zero-order valence-electron chi connectivity index (χ0n) is 17.5. The van der Waals surface area contributed by atoms with E-state index in [1.165, 1.54) is 4.90 Å². The monoisotopic (exact) mass is 433 g/mol. The maximum atomic E-state index is 13.7. The summed E-state index contributed by atoms with van der Waals surface area (Å²) in [5.74, 6) is -3.87. The van der Waals surface area contributed by atoms with E-state index < -0.39 is 35.3 Å². The van der Waals surface area contributed by atoms with Crippen LogP contribution in [0, 0.1) is 18.8 Å². The third kappa shape index (κ3) is 2.86. The minimum atomic E-state index is -1.40. The van der Waals surface area contributed by atoms with E-state index in [1.54, 1.807) is 6.07 Å². The van der Waals surface area contributed by atoms with Crippen molar-refractivity contribution in [3.05, 3.63) is 65.2 Å². The van der Waals surface area contributed by atoms with E-state index in [2.05, 4.69) is 10.6 Å². The number of benzene rings is 2. The quantitative estimate of drug-likeness (QED) is 0.619. The minimum Gasteiger partial charge on any atom is -0.481 e. The van der Waals surface area contributed by atoms with Crippen LogP contribution in [0.3, 0.4) is 0 Å². The number of likely N-dealkylation sites (tertiary alicyclic amines) is 1. The van der Waals surface area contributed by atoms with Gasteiger partial charge in [0, 0.05) is 23.7 Å². The van der Waals surface area contributed by atoms with Crippen molar-refractivity contribution in [2.75, 3.05) is 5.32 Å². The fourth-order valence-corrected chi connectivity index (χ4v) is 5.42. The summed E-state index contributed by atoms with van der Waals surface area (Å²) in [6.07, 6.45) is -0.0235. The van der Waals surface area contributed by atoms with Crippen LogP contribution in [-0.2, 0) is 31.3 Å². The molecule has 0 aromatic heterocycles. The van der Waals surface area contributed by atoms with Gasteiger partial charge in [0.2, 0.25) is 17.7 Å². The predicted octanol–water partition coefficient (Wildman–Crippen LogP) is 1.78. The molecule has 8 nitrogen and oxygen atoms in total. The molecule has 0 unspecified atom stereocenters. The van der Waals surface area contributed by atoms with Crippen LogP contribution in [-0.4, -0.2) is 39.7 Å². The summed E-state index contributed by atoms with van der Waals surface area (Å²) < 4.78 is 0. The van der Waals surface area contributed by atoms with Crippen LogP contribution >= 0.6 is 0 Å². The SMILES string of the molecule is Cc1ccc2c(c1)[C@]1(N[C@@H](CCC(=O)O)[C@H]3C(=O)N(Cc4ccccc4)C(=O)[C@@H]31)C(=O)N2. The number of anilines is 1. The smallest absolute Gasteiger partial charge is 0.303 e. The molecule has 5 rings (SSSR count). The lowest BCUT2D eigenvalue weighted by Crippen LogP contribution is -2.53. The van der Waals surface area contributed by atoms with Gasteiger partial charge in [-0.05, 0) is 25.0 Å². The molecular formula is C24H23N3O5. The summed E-state index contributed by atoms with van der Waals surface area (Å²) in [4.78, 5) is 52.9. The van der Waals surface area contributed by atoms with Gasteiger partial charge in [0.15, 0.2) is 0 Å². The number of carboxylic acid groups (broad SMARTS) is 1. The lowest BCUT2D eigenvalue weighted by molar-refractivity contribution is -0.144. The third-order valence-corrected chi connectivity index (χ3v) is 6.81.